The zero-order valence-electron chi connectivity index (χ0n) is 18.2. The Kier molecular flexibility index (Phi) is 6.08. The van der Waals surface area contributed by atoms with Crippen molar-refractivity contribution in [1.82, 2.24) is 9.36 Å². The smallest absolute Gasteiger partial charge is 0.295 e. The Morgan fingerprint density at radius 2 is 1.71 bits per heavy atom. The molecule has 3 rings (SSSR count). The zero-order chi connectivity index (χ0) is 22.9. The van der Waals surface area contributed by atoms with E-state index in [9.17, 15) is 18.0 Å². The number of carbonyl (C=O) groups is 1. The van der Waals surface area contributed by atoms with E-state index in [1.54, 1.807) is 49.0 Å². The molecule has 0 saturated heterocycles. The van der Waals surface area contributed by atoms with E-state index in [-0.39, 0.29) is 5.69 Å². The summed E-state index contributed by atoms with van der Waals surface area (Å²) in [5.74, 6) is -0.599. The average molecular weight is 443 g/mol. The highest BCUT2D eigenvalue weighted by Crippen LogP contribution is 2.23. The molecule has 0 fully saturated rings. The van der Waals surface area contributed by atoms with Gasteiger partial charge in [-0.05, 0) is 50.6 Å². The van der Waals surface area contributed by atoms with Crippen LogP contribution in [0.1, 0.15) is 18.2 Å². The van der Waals surface area contributed by atoms with Gasteiger partial charge in [0.1, 0.15) is 11.7 Å². The van der Waals surface area contributed by atoms with E-state index >= 15 is 0 Å². The monoisotopic (exact) mass is 442 g/mol. The molecule has 1 heterocycles. The number of aromatic nitrogens is 2. The zero-order valence-corrected chi connectivity index (χ0v) is 19.0. The number of rotatable bonds is 6. The number of anilines is 2. The summed E-state index contributed by atoms with van der Waals surface area (Å²) in [7, 11) is -2.03. The molecule has 0 bridgehead atoms. The lowest BCUT2D eigenvalue weighted by atomic mass is 10.2. The van der Waals surface area contributed by atoms with Crippen molar-refractivity contribution in [1.29, 1.82) is 0 Å². The molecule has 1 aromatic heterocycles. The molecule has 164 valence electrons. The van der Waals surface area contributed by atoms with Gasteiger partial charge in [-0.15, -0.1) is 0 Å². The second-order valence-electron chi connectivity index (χ2n) is 7.50. The third kappa shape index (κ3) is 4.41. The predicted molar refractivity (Wildman–Crippen MR) is 122 cm³/mol. The summed E-state index contributed by atoms with van der Waals surface area (Å²) in [4.78, 5) is 26.1. The standard InChI is InChI=1S/C22H26N4O4S/c1-15-10-9-13-19(14-15)26(31(5,29)30)17(3)21(27)23-20-16(2)24(4)25(22(20)28)18-11-7-6-8-12-18/h6-14,17H,1-5H3,(H,23,27)/t17-/m0/s1. The molecule has 0 aliphatic carbocycles. The number of benzene rings is 2. The molecule has 0 aliphatic rings. The molecule has 2 aromatic carbocycles. The molecule has 1 atom stereocenters. The molecule has 3 aromatic rings. The molecule has 9 heteroatoms. The first kappa shape index (κ1) is 22.4. The van der Waals surface area contributed by atoms with Crippen molar-refractivity contribution in [2.45, 2.75) is 26.8 Å². The second kappa shape index (κ2) is 8.43. The van der Waals surface area contributed by atoms with Crippen LogP contribution in [0.2, 0.25) is 0 Å². The Morgan fingerprint density at radius 1 is 1.06 bits per heavy atom. The van der Waals surface area contributed by atoms with Crippen LogP contribution in [0.25, 0.3) is 5.69 Å². The van der Waals surface area contributed by atoms with E-state index in [1.807, 2.05) is 31.2 Å². The maximum atomic E-state index is 13.0. The van der Waals surface area contributed by atoms with Crippen LogP contribution < -0.4 is 15.2 Å². The lowest BCUT2D eigenvalue weighted by Gasteiger charge is -2.28. The van der Waals surface area contributed by atoms with Crippen molar-refractivity contribution in [3.05, 3.63) is 76.2 Å². The van der Waals surface area contributed by atoms with Gasteiger partial charge in [0, 0.05) is 7.05 Å². The molecule has 0 unspecified atom stereocenters. The van der Waals surface area contributed by atoms with Gasteiger partial charge >= 0.3 is 0 Å². The van der Waals surface area contributed by atoms with Crippen molar-refractivity contribution < 1.29 is 13.2 Å². The largest absolute Gasteiger partial charge is 0.318 e. The SMILES string of the molecule is Cc1cccc(N([C@@H](C)C(=O)Nc2c(C)n(C)n(-c3ccccc3)c2=O)S(C)(=O)=O)c1. The van der Waals surface area contributed by atoms with Crippen LogP contribution in [0.15, 0.2) is 59.4 Å². The summed E-state index contributed by atoms with van der Waals surface area (Å²) in [5, 5.41) is 2.65. The molecule has 0 radical (unpaired) electrons. The molecule has 31 heavy (non-hydrogen) atoms. The van der Waals surface area contributed by atoms with E-state index < -0.39 is 27.5 Å². The average Bonchev–Trinajstić information content (AvgIpc) is 2.91. The molecule has 0 spiro atoms. The fourth-order valence-corrected chi connectivity index (χ4v) is 4.68. The van der Waals surface area contributed by atoms with Crippen LogP contribution in [-0.2, 0) is 21.9 Å². The fraction of sp³-hybridized carbons (Fsp3) is 0.273. The number of aryl methyl sites for hydroxylation is 1. The Morgan fingerprint density at radius 3 is 2.29 bits per heavy atom. The van der Waals surface area contributed by atoms with Gasteiger partial charge in [0.25, 0.3) is 5.56 Å². The van der Waals surface area contributed by atoms with Crippen molar-refractivity contribution in [3.63, 3.8) is 0 Å². The number of carbonyl (C=O) groups excluding carboxylic acids is 1. The van der Waals surface area contributed by atoms with E-state index in [1.165, 1.54) is 11.6 Å². The van der Waals surface area contributed by atoms with E-state index in [0.717, 1.165) is 16.1 Å². The van der Waals surface area contributed by atoms with Crippen LogP contribution in [0.5, 0.6) is 0 Å². The molecular formula is C22H26N4O4S. The Bertz CT molecular complexity index is 1280. The lowest BCUT2D eigenvalue weighted by Crippen LogP contribution is -2.45. The van der Waals surface area contributed by atoms with Gasteiger partial charge in [-0.25, -0.2) is 13.1 Å². The Hall–Kier alpha value is -3.33. The minimum atomic E-state index is -3.75. The summed E-state index contributed by atoms with van der Waals surface area (Å²) in [5.41, 5.74) is 2.18. The number of nitrogens with one attached hydrogen (secondary N) is 1. The minimum absolute atomic E-state index is 0.112. The van der Waals surface area contributed by atoms with Crippen LogP contribution in [0.4, 0.5) is 11.4 Å². The Balaban J connectivity index is 1.98. The summed E-state index contributed by atoms with van der Waals surface area (Å²) in [6, 6.07) is 14.9. The number of nitrogens with zero attached hydrogens (tertiary/aromatic N) is 3. The Labute approximate surface area is 181 Å². The predicted octanol–water partition coefficient (Wildman–Crippen LogP) is 2.59. The van der Waals surface area contributed by atoms with Gasteiger partial charge < -0.3 is 5.32 Å². The molecule has 1 N–H and O–H groups in total. The number of hydrogen-bond acceptors (Lipinski definition) is 4. The highest BCUT2D eigenvalue weighted by Gasteiger charge is 2.30. The van der Waals surface area contributed by atoms with Crippen LogP contribution in [-0.4, -0.2) is 36.0 Å². The number of hydrogen-bond donors (Lipinski definition) is 1. The highest BCUT2D eigenvalue weighted by atomic mass is 32.2. The maximum Gasteiger partial charge on any atom is 0.295 e. The van der Waals surface area contributed by atoms with Gasteiger partial charge in [-0.1, -0.05) is 30.3 Å². The summed E-state index contributed by atoms with van der Waals surface area (Å²) < 4.78 is 29.1. The molecule has 0 saturated carbocycles. The van der Waals surface area contributed by atoms with Gasteiger partial charge in [-0.2, -0.15) is 0 Å². The third-order valence-electron chi connectivity index (χ3n) is 5.15. The number of sulfonamides is 1. The first-order valence-electron chi connectivity index (χ1n) is 9.73. The van der Waals surface area contributed by atoms with Gasteiger partial charge in [0.2, 0.25) is 15.9 Å². The quantitative estimate of drug-likeness (QED) is 0.635. The van der Waals surface area contributed by atoms with E-state index in [4.69, 9.17) is 0 Å². The lowest BCUT2D eigenvalue weighted by molar-refractivity contribution is -0.116. The summed E-state index contributed by atoms with van der Waals surface area (Å²) in [6.07, 6.45) is 1.05. The van der Waals surface area contributed by atoms with E-state index in [2.05, 4.69) is 5.32 Å². The molecular weight excluding hydrogens is 416 g/mol. The van der Waals surface area contributed by atoms with Crippen LogP contribution >= 0.6 is 0 Å². The van der Waals surface area contributed by atoms with Crippen molar-refractivity contribution >= 4 is 27.3 Å². The molecule has 0 aliphatic heterocycles. The second-order valence-corrected chi connectivity index (χ2v) is 9.36. The van der Waals surface area contributed by atoms with Crippen molar-refractivity contribution in [2.75, 3.05) is 15.9 Å². The van der Waals surface area contributed by atoms with Gasteiger partial charge in [0.05, 0.1) is 23.3 Å². The van der Waals surface area contributed by atoms with Gasteiger partial charge in [-0.3, -0.25) is 18.6 Å². The van der Waals surface area contributed by atoms with Crippen molar-refractivity contribution in [2.24, 2.45) is 7.05 Å². The number of para-hydroxylation sites is 1. The first-order chi connectivity index (χ1) is 14.5. The third-order valence-corrected chi connectivity index (χ3v) is 6.39. The van der Waals surface area contributed by atoms with Crippen LogP contribution in [0, 0.1) is 13.8 Å². The minimum Gasteiger partial charge on any atom is -0.318 e. The highest BCUT2D eigenvalue weighted by molar-refractivity contribution is 7.92. The van der Waals surface area contributed by atoms with Crippen LogP contribution in [0.3, 0.4) is 0 Å². The maximum absolute atomic E-state index is 13.0. The summed E-state index contributed by atoms with van der Waals surface area (Å²) >= 11 is 0. The topological polar surface area (TPSA) is 93.4 Å². The van der Waals surface area contributed by atoms with E-state index in [0.29, 0.717) is 17.1 Å². The normalized spacial score (nSPS) is 12.4. The first-order valence-corrected chi connectivity index (χ1v) is 11.6. The molecule has 8 nitrogen and oxygen atoms in total. The summed E-state index contributed by atoms with van der Waals surface area (Å²) in [6.45, 7) is 5.05. The van der Waals surface area contributed by atoms with Gasteiger partial charge in [0.15, 0.2) is 0 Å². The van der Waals surface area contributed by atoms with Crippen molar-refractivity contribution in [3.8, 4) is 5.69 Å². The molecule has 1 amide bonds. The fourth-order valence-electron chi connectivity index (χ4n) is 3.51. The number of amides is 1.